The van der Waals surface area contributed by atoms with E-state index in [0.717, 1.165) is 0 Å². The van der Waals surface area contributed by atoms with E-state index in [1.807, 2.05) is 30.3 Å². The number of carbonyl (C=O) groups is 3. The zero-order chi connectivity index (χ0) is 19.9. The van der Waals surface area contributed by atoms with Gasteiger partial charge < -0.3 is 15.4 Å². The van der Waals surface area contributed by atoms with Gasteiger partial charge in [0, 0.05) is 12.6 Å². The van der Waals surface area contributed by atoms with E-state index in [4.69, 9.17) is 4.74 Å². The number of nitrogens with one attached hydrogen (secondary N) is 2. The molecule has 0 atom stereocenters. The highest BCUT2D eigenvalue weighted by Gasteiger charge is 2.20. The fraction of sp³-hybridized carbons (Fsp3) is 0.0455. The molecule has 0 saturated heterocycles. The number of hydrogen-bond acceptors (Lipinski definition) is 4. The molecule has 28 heavy (non-hydrogen) atoms. The minimum atomic E-state index is -0.797. The van der Waals surface area contributed by atoms with Gasteiger partial charge in [0.2, 0.25) is 5.91 Å². The van der Waals surface area contributed by atoms with Crippen LogP contribution in [0.4, 0.5) is 11.4 Å². The minimum Gasteiger partial charge on any atom is -0.457 e. The zero-order valence-electron chi connectivity index (χ0n) is 15.1. The zero-order valence-corrected chi connectivity index (χ0v) is 15.1. The second-order valence-electron chi connectivity index (χ2n) is 5.95. The Morgan fingerprint density at radius 2 is 1.32 bits per heavy atom. The highest BCUT2D eigenvalue weighted by atomic mass is 16.5. The Kier molecular flexibility index (Phi) is 5.81. The van der Waals surface area contributed by atoms with E-state index in [1.54, 1.807) is 42.5 Å². The van der Waals surface area contributed by atoms with Crippen molar-refractivity contribution in [2.75, 3.05) is 10.6 Å². The number of anilines is 2. The second kappa shape index (κ2) is 8.64. The number of benzene rings is 3. The van der Waals surface area contributed by atoms with E-state index >= 15 is 0 Å². The molecule has 3 aromatic rings. The molecule has 0 aliphatic heterocycles. The van der Waals surface area contributed by atoms with Crippen LogP contribution in [0.25, 0.3) is 0 Å². The van der Waals surface area contributed by atoms with Crippen molar-refractivity contribution in [3.63, 3.8) is 0 Å². The van der Waals surface area contributed by atoms with Crippen molar-refractivity contribution < 1.29 is 19.1 Å². The normalized spacial score (nSPS) is 10.0. The fourth-order valence-electron chi connectivity index (χ4n) is 2.52. The van der Waals surface area contributed by atoms with Gasteiger partial charge in [0.1, 0.15) is 11.5 Å². The number of hydrogen-bond donors (Lipinski definition) is 2. The summed E-state index contributed by atoms with van der Waals surface area (Å²) in [4.78, 5) is 36.1. The number of ether oxygens (including phenoxy) is 1. The average molecular weight is 374 g/mol. The molecule has 0 bridgehead atoms. The Morgan fingerprint density at radius 3 is 2.00 bits per heavy atom. The van der Waals surface area contributed by atoms with Crippen molar-refractivity contribution in [2.24, 2.45) is 0 Å². The predicted octanol–water partition coefficient (Wildman–Crippen LogP) is 4.26. The molecule has 0 aromatic heterocycles. The van der Waals surface area contributed by atoms with Crippen LogP contribution in [-0.4, -0.2) is 17.6 Å². The third kappa shape index (κ3) is 4.82. The first kappa shape index (κ1) is 18.8. The molecule has 2 amide bonds. The van der Waals surface area contributed by atoms with E-state index in [-0.39, 0.29) is 11.5 Å². The van der Waals surface area contributed by atoms with Crippen molar-refractivity contribution in [3.05, 3.63) is 84.4 Å². The molecule has 6 nitrogen and oxygen atoms in total. The molecule has 0 unspecified atom stereocenters. The van der Waals surface area contributed by atoms with Crippen molar-refractivity contribution in [3.8, 4) is 11.5 Å². The Labute approximate surface area is 162 Å². The van der Waals surface area contributed by atoms with Crippen LogP contribution in [-0.2, 0) is 9.59 Å². The summed E-state index contributed by atoms with van der Waals surface area (Å²) in [6.07, 6.45) is 0. The lowest BCUT2D eigenvalue weighted by atomic mass is 10.1. The first-order valence-electron chi connectivity index (χ1n) is 8.58. The largest absolute Gasteiger partial charge is 0.457 e. The maximum atomic E-state index is 12.5. The van der Waals surface area contributed by atoms with Crippen molar-refractivity contribution >= 4 is 29.0 Å². The molecule has 140 valence electrons. The molecule has 0 aliphatic rings. The van der Waals surface area contributed by atoms with Gasteiger partial charge in [0.05, 0.1) is 11.3 Å². The molecular formula is C22H18N2O4. The fourth-order valence-corrected chi connectivity index (χ4v) is 2.52. The van der Waals surface area contributed by atoms with E-state index in [0.29, 0.717) is 22.9 Å². The van der Waals surface area contributed by atoms with Gasteiger partial charge in [0.15, 0.2) is 0 Å². The molecular weight excluding hydrogens is 356 g/mol. The lowest BCUT2D eigenvalue weighted by Gasteiger charge is -2.10. The lowest BCUT2D eigenvalue weighted by molar-refractivity contribution is -0.114. The first-order chi connectivity index (χ1) is 13.5. The van der Waals surface area contributed by atoms with Crippen LogP contribution in [0.1, 0.15) is 17.3 Å². The third-order valence-corrected chi connectivity index (χ3v) is 3.78. The molecule has 0 heterocycles. The Bertz CT molecular complexity index is 999. The van der Waals surface area contributed by atoms with Crippen LogP contribution in [0.5, 0.6) is 11.5 Å². The van der Waals surface area contributed by atoms with Crippen molar-refractivity contribution in [1.29, 1.82) is 0 Å². The maximum Gasteiger partial charge on any atom is 0.296 e. The van der Waals surface area contributed by atoms with Gasteiger partial charge in [-0.2, -0.15) is 0 Å². The summed E-state index contributed by atoms with van der Waals surface area (Å²) in [5, 5.41) is 5.10. The Balaban J connectivity index is 1.68. The summed E-state index contributed by atoms with van der Waals surface area (Å²) in [6, 6.07) is 22.3. The van der Waals surface area contributed by atoms with Crippen molar-refractivity contribution in [1.82, 2.24) is 0 Å². The van der Waals surface area contributed by atoms with Gasteiger partial charge in [-0.15, -0.1) is 0 Å². The van der Waals surface area contributed by atoms with Crippen LogP contribution < -0.4 is 15.4 Å². The van der Waals surface area contributed by atoms with Crippen LogP contribution in [0.3, 0.4) is 0 Å². The second-order valence-corrected chi connectivity index (χ2v) is 5.95. The van der Waals surface area contributed by atoms with Crippen LogP contribution in [0.15, 0.2) is 78.9 Å². The monoisotopic (exact) mass is 374 g/mol. The van der Waals surface area contributed by atoms with E-state index in [2.05, 4.69) is 10.6 Å². The molecule has 0 fully saturated rings. The summed E-state index contributed by atoms with van der Waals surface area (Å²) in [7, 11) is 0. The summed E-state index contributed by atoms with van der Waals surface area (Å²) in [5.41, 5.74) is 0.872. The Hall–Kier alpha value is -3.93. The number of Topliss-reactive ketones (excluding diaryl/α,β-unsaturated/α-hetero) is 1. The van der Waals surface area contributed by atoms with E-state index in [9.17, 15) is 14.4 Å². The highest BCUT2D eigenvalue weighted by molar-refractivity contribution is 6.47. The van der Waals surface area contributed by atoms with Gasteiger partial charge in [0.25, 0.3) is 11.7 Å². The van der Waals surface area contributed by atoms with Gasteiger partial charge in [-0.3, -0.25) is 14.4 Å². The van der Waals surface area contributed by atoms with Gasteiger partial charge in [-0.05, 0) is 48.5 Å². The summed E-state index contributed by atoms with van der Waals surface area (Å²) in [5.74, 6) is -0.561. The molecule has 3 aromatic carbocycles. The summed E-state index contributed by atoms with van der Waals surface area (Å²) in [6.45, 7) is 1.33. The molecule has 6 heteroatoms. The third-order valence-electron chi connectivity index (χ3n) is 3.78. The highest BCUT2D eigenvalue weighted by Crippen LogP contribution is 2.23. The molecule has 0 saturated carbocycles. The first-order valence-corrected chi connectivity index (χ1v) is 8.58. The minimum absolute atomic E-state index is 0.124. The SMILES string of the molecule is CC(=O)Nc1ccccc1C(=O)C(=O)Nc1ccc(Oc2ccccc2)cc1. The van der Waals surface area contributed by atoms with E-state index < -0.39 is 11.7 Å². The molecule has 3 rings (SSSR count). The van der Waals surface area contributed by atoms with Crippen LogP contribution >= 0.6 is 0 Å². The van der Waals surface area contributed by atoms with Crippen LogP contribution in [0.2, 0.25) is 0 Å². The van der Waals surface area contributed by atoms with Gasteiger partial charge >= 0.3 is 0 Å². The number of carbonyl (C=O) groups excluding carboxylic acids is 3. The topological polar surface area (TPSA) is 84.5 Å². The standard InChI is InChI=1S/C22H18N2O4/c1-15(25)23-20-10-6-5-9-19(20)21(26)22(27)24-16-11-13-18(14-12-16)28-17-7-3-2-4-8-17/h2-14H,1H3,(H,23,25)(H,24,27). The lowest BCUT2D eigenvalue weighted by Crippen LogP contribution is -2.24. The average Bonchev–Trinajstić information content (AvgIpc) is 2.70. The molecule has 2 N–H and O–H groups in total. The van der Waals surface area contributed by atoms with Gasteiger partial charge in [-0.25, -0.2) is 0 Å². The summed E-state index contributed by atoms with van der Waals surface area (Å²) < 4.78 is 5.69. The molecule has 0 radical (unpaired) electrons. The number of amides is 2. The van der Waals surface area contributed by atoms with Gasteiger partial charge in [-0.1, -0.05) is 30.3 Å². The smallest absolute Gasteiger partial charge is 0.296 e. The van der Waals surface area contributed by atoms with Crippen molar-refractivity contribution in [2.45, 2.75) is 6.92 Å². The number of para-hydroxylation sites is 2. The molecule has 0 aliphatic carbocycles. The quantitative estimate of drug-likeness (QED) is 0.499. The van der Waals surface area contributed by atoms with E-state index in [1.165, 1.54) is 13.0 Å². The Morgan fingerprint density at radius 1 is 0.714 bits per heavy atom. The number of rotatable bonds is 6. The molecule has 0 spiro atoms. The maximum absolute atomic E-state index is 12.5. The number of ketones is 1. The van der Waals surface area contributed by atoms with Crippen LogP contribution in [0, 0.1) is 0 Å². The summed E-state index contributed by atoms with van der Waals surface area (Å²) >= 11 is 0. The predicted molar refractivity (Wildman–Crippen MR) is 107 cm³/mol.